The van der Waals surface area contributed by atoms with Crippen molar-refractivity contribution in [3.05, 3.63) is 59.8 Å². The lowest BCUT2D eigenvalue weighted by molar-refractivity contribution is 0.00678. The Morgan fingerprint density at radius 2 is 1.64 bits per heavy atom. The summed E-state index contributed by atoms with van der Waals surface area (Å²) in [5.41, 5.74) is -0.143. The highest BCUT2D eigenvalue weighted by Crippen LogP contribution is 2.16. The zero-order chi connectivity index (χ0) is 16.2. The summed E-state index contributed by atoms with van der Waals surface area (Å²) < 4.78 is 5.33. The molecule has 0 spiro atoms. The van der Waals surface area contributed by atoms with Gasteiger partial charge in [0.25, 0.3) is 5.91 Å². The molecule has 0 saturated carbocycles. The second-order valence-electron chi connectivity index (χ2n) is 5.72. The highest BCUT2D eigenvalue weighted by Gasteiger charge is 2.22. The Labute approximate surface area is 129 Å². The minimum atomic E-state index is -0.623. The van der Waals surface area contributed by atoms with Crippen LogP contribution in [0.15, 0.2) is 48.7 Å². The number of nitrogens with one attached hydrogen (secondary N) is 1. The molecule has 5 heteroatoms. The van der Waals surface area contributed by atoms with Gasteiger partial charge in [-0.25, -0.2) is 9.78 Å². The first kappa shape index (κ1) is 15.7. The topological polar surface area (TPSA) is 68.3 Å². The molecule has 0 unspecified atom stereocenters. The molecular weight excluding hydrogens is 280 g/mol. The van der Waals surface area contributed by atoms with Gasteiger partial charge in [0.05, 0.1) is 11.1 Å². The van der Waals surface area contributed by atoms with E-state index >= 15 is 0 Å². The summed E-state index contributed by atoms with van der Waals surface area (Å²) >= 11 is 0. The van der Waals surface area contributed by atoms with Gasteiger partial charge in [-0.15, -0.1) is 0 Å². The first-order valence-electron chi connectivity index (χ1n) is 6.91. The van der Waals surface area contributed by atoms with Crippen molar-refractivity contribution in [2.45, 2.75) is 26.4 Å². The minimum Gasteiger partial charge on any atom is -0.456 e. The zero-order valence-electron chi connectivity index (χ0n) is 12.8. The Morgan fingerprint density at radius 1 is 1.00 bits per heavy atom. The summed E-state index contributed by atoms with van der Waals surface area (Å²) in [6.45, 7) is 5.34. The van der Waals surface area contributed by atoms with Crippen LogP contribution in [0.2, 0.25) is 0 Å². The second kappa shape index (κ2) is 6.39. The molecule has 0 fully saturated rings. The second-order valence-corrected chi connectivity index (χ2v) is 5.72. The quantitative estimate of drug-likeness (QED) is 0.883. The monoisotopic (exact) mass is 298 g/mol. The molecular formula is C17H18N2O3. The Kier molecular flexibility index (Phi) is 4.56. The molecule has 22 heavy (non-hydrogen) atoms. The number of amides is 1. The number of carbonyl (C=O) groups excluding carboxylic acids is 2. The number of pyridine rings is 1. The summed E-state index contributed by atoms with van der Waals surface area (Å²) in [7, 11) is 0. The van der Waals surface area contributed by atoms with Crippen molar-refractivity contribution in [1.82, 2.24) is 4.98 Å². The number of nitrogens with zero attached hydrogens (tertiary/aromatic N) is 1. The molecule has 2 rings (SSSR count). The third kappa shape index (κ3) is 4.15. The van der Waals surface area contributed by atoms with Crippen molar-refractivity contribution in [1.29, 1.82) is 0 Å². The third-order valence-electron chi connectivity index (χ3n) is 2.70. The first-order valence-corrected chi connectivity index (χ1v) is 6.91. The smallest absolute Gasteiger partial charge is 0.339 e. The van der Waals surface area contributed by atoms with Gasteiger partial charge in [-0.3, -0.25) is 4.79 Å². The van der Waals surface area contributed by atoms with Crippen molar-refractivity contribution in [3.8, 4) is 0 Å². The molecule has 1 heterocycles. The van der Waals surface area contributed by atoms with Gasteiger partial charge in [0.2, 0.25) is 0 Å². The van der Waals surface area contributed by atoms with E-state index in [-0.39, 0.29) is 11.1 Å². The lowest BCUT2D eigenvalue weighted by atomic mass is 10.1. The van der Waals surface area contributed by atoms with Crippen LogP contribution in [-0.2, 0) is 4.74 Å². The van der Waals surface area contributed by atoms with E-state index in [1.165, 1.54) is 0 Å². The summed E-state index contributed by atoms with van der Waals surface area (Å²) in [4.78, 5) is 28.6. The molecule has 1 N–H and O–H groups in total. The minimum absolute atomic E-state index is 0.228. The van der Waals surface area contributed by atoms with E-state index in [1.54, 1.807) is 69.4 Å². The Balaban J connectivity index is 2.24. The molecule has 5 nitrogen and oxygen atoms in total. The highest BCUT2D eigenvalue weighted by atomic mass is 16.6. The van der Waals surface area contributed by atoms with Gasteiger partial charge in [-0.05, 0) is 45.0 Å². The first-order chi connectivity index (χ1) is 10.4. The van der Waals surface area contributed by atoms with Crippen molar-refractivity contribution in [2.24, 2.45) is 0 Å². The predicted octanol–water partition coefficient (Wildman–Crippen LogP) is 3.29. The number of hydrogen-bond acceptors (Lipinski definition) is 4. The Hall–Kier alpha value is -2.69. The fraction of sp³-hybridized carbons (Fsp3) is 0.235. The average Bonchev–Trinajstić information content (AvgIpc) is 2.46. The number of aromatic nitrogens is 1. The van der Waals surface area contributed by atoms with Gasteiger partial charge in [-0.1, -0.05) is 18.2 Å². The number of carbonyl (C=O) groups is 2. The number of benzene rings is 1. The summed E-state index contributed by atoms with van der Waals surface area (Å²) in [5.74, 6) is -0.508. The van der Waals surface area contributed by atoms with Gasteiger partial charge in [0.15, 0.2) is 0 Å². The maximum atomic E-state index is 12.3. The van der Waals surface area contributed by atoms with Crippen LogP contribution in [-0.4, -0.2) is 22.5 Å². The van der Waals surface area contributed by atoms with E-state index in [4.69, 9.17) is 4.74 Å². The molecule has 114 valence electrons. The molecule has 0 radical (unpaired) electrons. The van der Waals surface area contributed by atoms with Gasteiger partial charge in [0.1, 0.15) is 11.4 Å². The van der Waals surface area contributed by atoms with Gasteiger partial charge >= 0.3 is 5.97 Å². The number of rotatable bonds is 3. The lowest BCUT2D eigenvalue weighted by Crippen LogP contribution is -2.26. The molecule has 1 amide bonds. The van der Waals surface area contributed by atoms with Crippen molar-refractivity contribution >= 4 is 17.7 Å². The van der Waals surface area contributed by atoms with E-state index in [0.717, 1.165) is 0 Å². The average molecular weight is 298 g/mol. The van der Waals surface area contributed by atoms with Crippen molar-refractivity contribution in [3.63, 3.8) is 0 Å². The Bertz CT molecular complexity index is 676. The Morgan fingerprint density at radius 3 is 2.23 bits per heavy atom. The standard InChI is InChI=1S/C17H18N2O3/c1-17(2,3)22-16(21)13-9-5-4-8-12(13)15(20)19-14-10-6-7-11-18-14/h4-11H,1-3H3,(H,18,19,20). The van der Waals surface area contributed by atoms with Crippen LogP contribution in [0.3, 0.4) is 0 Å². The van der Waals surface area contributed by atoms with E-state index in [1.807, 2.05) is 0 Å². The molecule has 0 aliphatic rings. The highest BCUT2D eigenvalue weighted by molar-refractivity contribution is 6.10. The molecule has 1 aromatic carbocycles. The molecule has 2 aromatic rings. The van der Waals surface area contributed by atoms with Crippen molar-refractivity contribution < 1.29 is 14.3 Å². The molecule has 0 aliphatic heterocycles. The van der Waals surface area contributed by atoms with Crippen LogP contribution < -0.4 is 5.32 Å². The zero-order valence-corrected chi connectivity index (χ0v) is 12.8. The number of anilines is 1. The molecule has 0 saturated heterocycles. The van der Waals surface area contributed by atoms with Crippen LogP contribution in [0.4, 0.5) is 5.82 Å². The van der Waals surface area contributed by atoms with Crippen LogP contribution >= 0.6 is 0 Å². The van der Waals surface area contributed by atoms with Crippen LogP contribution in [0, 0.1) is 0 Å². The van der Waals surface area contributed by atoms with Gasteiger partial charge < -0.3 is 10.1 Å². The molecule has 0 atom stereocenters. The van der Waals surface area contributed by atoms with Crippen LogP contribution in [0.1, 0.15) is 41.5 Å². The van der Waals surface area contributed by atoms with Gasteiger partial charge in [-0.2, -0.15) is 0 Å². The molecule has 0 bridgehead atoms. The van der Waals surface area contributed by atoms with Gasteiger partial charge in [0, 0.05) is 6.20 Å². The normalized spacial score (nSPS) is 10.9. The number of hydrogen-bond donors (Lipinski definition) is 1. The SMILES string of the molecule is CC(C)(C)OC(=O)c1ccccc1C(=O)Nc1ccccn1. The fourth-order valence-electron chi connectivity index (χ4n) is 1.81. The van der Waals surface area contributed by atoms with E-state index < -0.39 is 17.5 Å². The summed E-state index contributed by atoms with van der Waals surface area (Å²) in [6, 6.07) is 11.7. The summed E-state index contributed by atoms with van der Waals surface area (Å²) in [6.07, 6.45) is 1.58. The maximum Gasteiger partial charge on any atom is 0.339 e. The fourth-order valence-corrected chi connectivity index (χ4v) is 1.81. The van der Waals surface area contributed by atoms with Crippen LogP contribution in [0.5, 0.6) is 0 Å². The molecule has 0 aliphatic carbocycles. The van der Waals surface area contributed by atoms with E-state index in [9.17, 15) is 9.59 Å². The van der Waals surface area contributed by atoms with E-state index in [0.29, 0.717) is 5.82 Å². The third-order valence-corrected chi connectivity index (χ3v) is 2.70. The number of ether oxygens (including phenoxy) is 1. The lowest BCUT2D eigenvalue weighted by Gasteiger charge is -2.20. The number of esters is 1. The maximum absolute atomic E-state index is 12.3. The van der Waals surface area contributed by atoms with Crippen molar-refractivity contribution in [2.75, 3.05) is 5.32 Å². The predicted molar refractivity (Wildman–Crippen MR) is 83.8 cm³/mol. The molecule has 1 aromatic heterocycles. The largest absolute Gasteiger partial charge is 0.456 e. The van der Waals surface area contributed by atoms with Crippen LogP contribution in [0.25, 0.3) is 0 Å². The summed E-state index contributed by atoms with van der Waals surface area (Å²) in [5, 5.41) is 2.66. The van der Waals surface area contributed by atoms with E-state index in [2.05, 4.69) is 10.3 Å².